The van der Waals surface area contributed by atoms with E-state index < -0.39 is 5.92 Å². The second-order valence-electron chi connectivity index (χ2n) is 4.46. The molecule has 0 saturated carbocycles. The SMILES string of the molecule is COC(=O)C(C)CC(=O)c1ccc2ncccc2c1. The summed E-state index contributed by atoms with van der Waals surface area (Å²) in [6.45, 7) is 1.69. The van der Waals surface area contributed by atoms with Gasteiger partial charge in [0.25, 0.3) is 0 Å². The van der Waals surface area contributed by atoms with E-state index in [0.29, 0.717) is 5.56 Å². The van der Waals surface area contributed by atoms with Crippen molar-refractivity contribution in [1.29, 1.82) is 0 Å². The molecule has 1 aromatic carbocycles. The third-order valence-corrected chi connectivity index (χ3v) is 3.02. The smallest absolute Gasteiger partial charge is 0.308 e. The van der Waals surface area contributed by atoms with Crippen LogP contribution in [-0.4, -0.2) is 23.8 Å². The fraction of sp³-hybridized carbons (Fsp3) is 0.267. The number of rotatable bonds is 4. The van der Waals surface area contributed by atoms with E-state index in [1.165, 1.54) is 7.11 Å². The first-order valence-electron chi connectivity index (χ1n) is 6.07. The van der Waals surface area contributed by atoms with Crippen LogP contribution in [0.5, 0.6) is 0 Å². The van der Waals surface area contributed by atoms with Crippen LogP contribution in [0.1, 0.15) is 23.7 Å². The van der Waals surface area contributed by atoms with Gasteiger partial charge in [0.05, 0.1) is 18.5 Å². The van der Waals surface area contributed by atoms with E-state index in [1.54, 1.807) is 25.3 Å². The number of fused-ring (bicyclic) bond motifs is 1. The lowest BCUT2D eigenvalue weighted by Gasteiger charge is -2.08. The van der Waals surface area contributed by atoms with Crippen LogP contribution in [0, 0.1) is 5.92 Å². The predicted octanol–water partition coefficient (Wildman–Crippen LogP) is 2.62. The average Bonchev–Trinajstić information content (AvgIpc) is 2.45. The van der Waals surface area contributed by atoms with Crippen LogP contribution in [0.2, 0.25) is 0 Å². The second-order valence-corrected chi connectivity index (χ2v) is 4.46. The molecule has 0 aliphatic rings. The zero-order valence-corrected chi connectivity index (χ0v) is 10.9. The number of pyridine rings is 1. The Balaban J connectivity index is 2.19. The molecule has 1 unspecified atom stereocenters. The van der Waals surface area contributed by atoms with Gasteiger partial charge in [-0.1, -0.05) is 13.0 Å². The van der Waals surface area contributed by atoms with Crippen molar-refractivity contribution in [3.05, 3.63) is 42.1 Å². The molecule has 1 heterocycles. The predicted molar refractivity (Wildman–Crippen MR) is 71.9 cm³/mol. The largest absolute Gasteiger partial charge is 0.469 e. The monoisotopic (exact) mass is 257 g/mol. The fourth-order valence-corrected chi connectivity index (χ4v) is 1.93. The summed E-state index contributed by atoms with van der Waals surface area (Å²) in [7, 11) is 1.32. The van der Waals surface area contributed by atoms with Crippen LogP contribution in [-0.2, 0) is 9.53 Å². The van der Waals surface area contributed by atoms with Gasteiger partial charge in [0.1, 0.15) is 0 Å². The summed E-state index contributed by atoms with van der Waals surface area (Å²) in [5.74, 6) is -0.860. The summed E-state index contributed by atoms with van der Waals surface area (Å²) in [5, 5.41) is 0.916. The van der Waals surface area contributed by atoms with Crippen molar-refractivity contribution in [2.75, 3.05) is 7.11 Å². The summed E-state index contributed by atoms with van der Waals surface area (Å²) >= 11 is 0. The number of methoxy groups -OCH3 is 1. The Bertz CT molecular complexity index is 622. The molecule has 2 rings (SSSR count). The molecule has 0 aliphatic carbocycles. The van der Waals surface area contributed by atoms with Crippen LogP contribution in [0.15, 0.2) is 36.5 Å². The van der Waals surface area contributed by atoms with E-state index in [1.807, 2.05) is 18.2 Å². The van der Waals surface area contributed by atoms with Crippen LogP contribution in [0.3, 0.4) is 0 Å². The Morgan fingerprint density at radius 3 is 2.84 bits per heavy atom. The summed E-state index contributed by atoms with van der Waals surface area (Å²) in [6, 6.07) is 9.08. The van der Waals surface area contributed by atoms with Crippen LogP contribution in [0.25, 0.3) is 10.9 Å². The minimum atomic E-state index is -0.429. The number of esters is 1. The Hall–Kier alpha value is -2.23. The van der Waals surface area contributed by atoms with Crippen molar-refractivity contribution in [2.45, 2.75) is 13.3 Å². The van der Waals surface area contributed by atoms with Crippen LogP contribution in [0.4, 0.5) is 0 Å². The Kier molecular flexibility index (Phi) is 3.90. The molecule has 19 heavy (non-hydrogen) atoms. The van der Waals surface area contributed by atoms with Crippen molar-refractivity contribution < 1.29 is 14.3 Å². The maximum absolute atomic E-state index is 12.1. The molecule has 0 amide bonds. The number of hydrogen-bond donors (Lipinski definition) is 0. The maximum atomic E-state index is 12.1. The zero-order chi connectivity index (χ0) is 13.8. The number of carbonyl (C=O) groups is 2. The second kappa shape index (κ2) is 5.61. The zero-order valence-electron chi connectivity index (χ0n) is 10.9. The molecular formula is C15H15NO3. The molecule has 4 heteroatoms. The summed E-state index contributed by atoms with van der Waals surface area (Å²) in [6.07, 6.45) is 1.86. The normalized spacial score (nSPS) is 12.1. The highest BCUT2D eigenvalue weighted by molar-refractivity contribution is 6.00. The highest BCUT2D eigenvalue weighted by atomic mass is 16.5. The summed E-state index contributed by atoms with van der Waals surface area (Å²) in [5.41, 5.74) is 1.44. The first-order valence-corrected chi connectivity index (χ1v) is 6.07. The molecule has 0 radical (unpaired) electrons. The molecule has 1 atom stereocenters. The molecule has 4 nitrogen and oxygen atoms in total. The lowest BCUT2D eigenvalue weighted by molar-refractivity contribution is -0.144. The third-order valence-electron chi connectivity index (χ3n) is 3.02. The number of aromatic nitrogens is 1. The Morgan fingerprint density at radius 1 is 1.32 bits per heavy atom. The average molecular weight is 257 g/mol. The van der Waals surface area contributed by atoms with Crippen LogP contribution >= 0.6 is 0 Å². The molecule has 0 N–H and O–H groups in total. The lowest BCUT2D eigenvalue weighted by atomic mass is 9.99. The number of nitrogens with zero attached hydrogens (tertiary/aromatic N) is 1. The van der Waals surface area contributed by atoms with E-state index in [4.69, 9.17) is 0 Å². The number of benzene rings is 1. The van der Waals surface area contributed by atoms with E-state index in [2.05, 4.69) is 9.72 Å². The fourth-order valence-electron chi connectivity index (χ4n) is 1.93. The molecule has 2 aromatic rings. The van der Waals surface area contributed by atoms with Gasteiger partial charge in [-0.15, -0.1) is 0 Å². The van der Waals surface area contributed by atoms with Gasteiger partial charge in [-0.3, -0.25) is 14.6 Å². The standard InChI is InChI=1S/C15H15NO3/c1-10(15(18)19-2)8-14(17)12-5-6-13-11(9-12)4-3-7-16-13/h3-7,9-10H,8H2,1-2H3. The third kappa shape index (κ3) is 2.96. The number of ether oxygens (including phenoxy) is 1. The maximum Gasteiger partial charge on any atom is 0.308 e. The van der Waals surface area contributed by atoms with E-state index in [9.17, 15) is 9.59 Å². The van der Waals surface area contributed by atoms with Gasteiger partial charge in [-0.05, 0) is 24.3 Å². The van der Waals surface area contributed by atoms with E-state index >= 15 is 0 Å². The first-order chi connectivity index (χ1) is 9.11. The molecule has 1 aromatic heterocycles. The molecule has 0 spiro atoms. The van der Waals surface area contributed by atoms with Crippen molar-refractivity contribution in [2.24, 2.45) is 5.92 Å². The number of Topliss-reactive ketones (excluding diaryl/α,β-unsaturated/α-hetero) is 1. The van der Waals surface area contributed by atoms with Gasteiger partial charge in [-0.2, -0.15) is 0 Å². The minimum absolute atomic E-state index is 0.0661. The van der Waals surface area contributed by atoms with E-state index in [-0.39, 0.29) is 18.2 Å². The topological polar surface area (TPSA) is 56.3 Å². The molecule has 0 saturated heterocycles. The van der Waals surface area contributed by atoms with Gasteiger partial charge in [0, 0.05) is 23.6 Å². The molecule has 98 valence electrons. The highest BCUT2D eigenvalue weighted by Gasteiger charge is 2.18. The van der Waals surface area contributed by atoms with Crippen molar-refractivity contribution in [3.63, 3.8) is 0 Å². The first kappa shape index (κ1) is 13.2. The summed E-state index contributed by atoms with van der Waals surface area (Å²) < 4.78 is 4.62. The number of hydrogen-bond acceptors (Lipinski definition) is 4. The molecule has 0 aliphatic heterocycles. The van der Waals surface area contributed by atoms with Crippen LogP contribution < -0.4 is 0 Å². The Morgan fingerprint density at radius 2 is 2.11 bits per heavy atom. The highest BCUT2D eigenvalue weighted by Crippen LogP contribution is 2.16. The molecule has 0 bridgehead atoms. The summed E-state index contributed by atoms with van der Waals surface area (Å²) in [4.78, 5) is 27.6. The van der Waals surface area contributed by atoms with Crippen molar-refractivity contribution >= 4 is 22.7 Å². The number of ketones is 1. The molecule has 0 fully saturated rings. The molecular weight excluding hydrogens is 242 g/mol. The van der Waals surface area contributed by atoms with Gasteiger partial charge < -0.3 is 4.74 Å². The van der Waals surface area contributed by atoms with Gasteiger partial charge in [-0.25, -0.2) is 0 Å². The Labute approximate surface area is 111 Å². The van der Waals surface area contributed by atoms with Crippen molar-refractivity contribution in [3.8, 4) is 0 Å². The van der Waals surface area contributed by atoms with Gasteiger partial charge >= 0.3 is 5.97 Å². The van der Waals surface area contributed by atoms with Crippen molar-refractivity contribution in [1.82, 2.24) is 4.98 Å². The quantitative estimate of drug-likeness (QED) is 0.624. The number of carbonyl (C=O) groups excluding carboxylic acids is 2. The van der Waals surface area contributed by atoms with Gasteiger partial charge in [0.15, 0.2) is 5.78 Å². The van der Waals surface area contributed by atoms with E-state index in [0.717, 1.165) is 10.9 Å². The van der Waals surface area contributed by atoms with Gasteiger partial charge in [0.2, 0.25) is 0 Å². The lowest BCUT2D eigenvalue weighted by Crippen LogP contribution is -2.16. The minimum Gasteiger partial charge on any atom is -0.469 e.